The van der Waals surface area contributed by atoms with Crippen LogP contribution in [0.3, 0.4) is 0 Å². The highest BCUT2D eigenvalue weighted by atomic mass is 19.3. The zero-order valence-electron chi connectivity index (χ0n) is 21.8. The largest absolute Gasteiger partial charge is 0.366 e. The Balaban J connectivity index is 1.24. The Bertz CT molecular complexity index is 1710. The maximum Gasteiger partial charge on any atom is 0.261 e. The first kappa shape index (κ1) is 24.9. The minimum atomic E-state index is -2.68. The van der Waals surface area contributed by atoms with E-state index in [0.717, 1.165) is 42.9 Å². The average molecular weight is 549 g/mol. The van der Waals surface area contributed by atoms with E-state index in [1.54, 1.807) is 23.4 Å². The van der Waals surface area contributed by atoms with E-state index in [1.165, 1.54) is 12.4 Å². The van der Waals surface area contributed by atoms with Gasteiger partial charge in [0, 0.05) is 63.6 Å². The highest BCUT2D eigenvalue weighted by Crippen LogP contribution is 2.34. The number of hydrogen-bond acceptors (Lipinski definition) is 8. The van der Waals surface area contributed by atoms with E-state index in [9.17, 15) is 8.78 Å². The molecule has 0 unspecified atom stereocenters. The van der Waals surface area contributed by atoms with Crippen LogP contribution in [0.5, 0.6) is 0 Å². The number of rotatable bonds is 5. The molecule has 0 bridgehead atoms. The maximum absolute atomic E-state index is 16.1. The van der Waals surface area contributed by atoms with Crippen LogP contribution < -0.4 is 4.90 Å². The molecule has 0 aliphatic carbocycles. The number of imidazole rings is 1. The van der Waals surface area contributed by atoms with Crippen LogP contribution in [0.1, 0.15) is 12.0 Å². The number of likely N-dealkylation sites (N-methyl/N-ethyl adjacent to an activating group) is 1. The Morgan fingerprint density at radius 1 is 0.950 bits per heavy atom. The van der Waals surface area contributed by atoms with Crippen LogP contribution in [0.2, 0.25) is 0 Å². The summed E-state index contributed by atoms with van der Waals surface area (Å²) in [5.74, 6) is -2.83. The van der Waals surface area contributed by atoms with Gasteiger partial charge in [-0.25, -0.2) is 18.2 Å². The number of halogens is 3. The Kier molecular flexibility index (Phi) is 5.93. The number of pyridine rings is 3. The van der Waals surface area contributed by atoms with Crippen molar-refractivity contribution in [2.45, 2.75) is 18.9 Å². The highest BCUT2D eigenvalue weighted by molar-refractivity contribution is 5.97. The summed E-state index contributed by atoms with van der Waals surface area (Å²) >= 11 is 0. The molecular formula is C27H27F3N10. The van der Waals surface area contributed by atoms with Gasteiger partial charge >= 0.3 is 0 Å². The molecule has 5 aromatic rings. The quantitative estimate of drug-likeness (QED) is 0.343. The van der Waals surface area contributed by atoms with Gasteiger partial charge in [-0.3, -0.25) is 25.0 Å². The van der Waals surface area contributed by atoms with Crippen molar-refractivity contribution in [3.8, 4) is 22.8 Å². The van der Waals surface area contributed by atoms with Gasteiger partial charge in [0.1, 0.15) is 16.9 Å². The van der Waals surface area contributed by atoms with E-state index < -0.39 is 11.7 Å². The zero-order valence-corrected chi connectivity index (χ0v) is 21.8. The van der Waals surface area contributed by atoms with Gasteiger partial charge in [0.05, 0.1) is 47.2 Å². The zero-order chi connectivity index (χ0) is 27.4. The Morgan fingerprint density at radius 2 is 1.77 bits per heavy atom. The fraction of sp³-hybridized carbons (Fsp3) is 0.370. The summed E-state index contributed by atoms with van der Waals surface area (Å²) in [6.07, 6.45) is 8.01. The molecule has 2 saturated heterocycles. The summed E-state index contributed by atoms with van der Waals surface area (Å²) in [7, 11) is 2.10. The molecule has 0 atom stereocenters. The topological polar surface area (TPSA) is 106 Å². The van der Waals surface area contributed by atoms with Crippen LogP contribution >= 0.6 is 0 Å². The van der Waals surface area contributed by atoms with Crippen molar-refractivity contribution in [2.24, 2.45) is 0 Å². The van der Waals surface area contributed by atoms with E-state index in [2.05, 4.69) is 47.0 Å². The molecule has 0 saturated carbocycles. The van der Waals surface area contributed by atoms with Gasteiger partial charge < -0.3 is 14.8 Å². The molecule has 0 aromatic carbocycles. The van der Waals surface area contributed by atoms with Crippen LogP contribution in [-0.4, -0.2) is 97.2 Å². The molecule has 0 amide bonds. The number of anilines is 1. The van der Waals surface area contributed by atoms with Crippen LogP contribution in [0.15, 0.2) is 37.1 Å². The van der Waals surface area contributed by atoms with Crippen molar-refractivity contribution in [1.82, 2.24) is 44.9 Å². The van der Waals surface area contributed by atoms with Gasteiger partial charge in [0.15, 0.2) is 11.6 Å². The van der Waals surface area contributed by atoms with Crippen molar-refractivity contribution >= 4 is 27.6 Å². The number of H-pyrrole nitrogens is 2. The molecule has 10 nitrogen and oxygen atoms in total. The molecule has 206 valence electrons. The van der Waals surface area contributed by atoms with Crippen LogP contribution in [0.25, 0.3) is 44.7 Å². The standard InChI is InChI=1S/C27H27F3N10/c1-38-4-6-40(7-5-38)20-13-32-11-19-24(20)35-26(34-19)25-21-18(36-37-25)12-33-23(22(21)28)17-8-16(9-31-10-17)14-39-3-2-27(29,30)15-39/h8-13H,2-7,14-15H2,1H3,(H,34,35)(H,36,37). The Labute approximate surface area is 227 Å². The molecule has 7 heterocycles. The molecule has 40 heavy (non-hydrogen) atoms. The number of hydrogen-bond donors (Lipinski definition) is 2. The van der Waals surface area contributed by atoms with E-state index >= 15 is 4.39 Å². The molecule has 5 aromatic heterocycles. The third-order valence-electron chi connectivity index (χ3n) is 7.71. The Morgan fingerprint density at radius 3 is 2.58 bits per heavy atom. The predicted octanol–water partition coefficient (Wildman–Crippen LogP) is 3.69. The van der Waals surface area contributed by atoms with Crippen molar-refractivity contribution in [3.05, 3.63) is 48.4 Å². The summed E-state index contributed by atoms with van der Waals surface area (Å²) < 4.78 is 43.4. The summed E-state index contributed by atoms with van der Waals surface area (Å²) in [5.41, 5.74) is 4.46. The van der Waals surface area contributed by atoms with E-state index in [1.807, 2.05) is 6.20 Å². The number of nitrogens with zero attached hydrogens (tertiary/aromatic N) is 8. The van der Waals surface area contributed by atoms with Gasteiger partial charge in [0.25, 0.3) is 5.92 Å². The fourth-order valence-electron chi connectivity index (χ4n) is 5.56. The Hall–Kier alpha value is -4.10. The third kappa shape index (κ3) is 4.44. The second-order valence-corrected chi connectivity index (χ2v) is 10.6. The molecule has 0 radical (unpaired) electrons. The molecular weight excluding hydrogens is 521 g/mol. The van der Waals surface area contributed by atoms with Gasteiger partial charge in [-0.2, -0.15) is 5.10 Å². The fourth-order valence-corrected chi connectivity index (χ4v) is 5.56. The van der Waals surface area contributed by atoms with E-state index in [-0.39, 0.29) is 24.0 Å². The first-order chi connectivity index (χ1) is 19.3. The summed E-state index contributed by atoms with van der Waals surface area (Å²) in [4.78, 5) is 27.3. The lowest BCUT2D eigenvalue weighted by molar-refractivity contribution is 0.0115. The second kappa shape index (κ2) is 9.52. The van der Waals surface area contributed by atoms with Gasteiger partial charge in [-0.1, -0.05) is 0 Å². The molecule has 2 N–H and O–H groups in total. The van der Waals surface area contributed by atoms with Crippen molar-refractivity contribution in [2.75, 3.05) is 51.2 Å². The number of aromatic amines is 2. The first-order valence-electron chi connectivity index (χ1n) is 13.2. The number of nitrogens with one attached hydrogen (secondary N) is 2. The molecule has 2 fully saturated rings. The lowest BCUT2D eigenvalue weighted by Gasteiger charge is -2.33. The van der Waals surface area contributed by atoms with Crippen LogP contribution in [0, 0.1) is 5.82 Å². The van der Waals surface area contributed by atoms with Crippen LogP contribution in [0.4, 0.5) is 18.9 Å². The monoisotopic (exact) mass is 548 g/mol. The van der Waals surface area contributed by atoms with Gasteiger partial charge in [-0.15, -0.1) is 0 Å². The molecule has 0 spiro atoms. The number of aromatic nitrogens is 7. The minimum absolute atomic E-state index is 0.104. The average Bonchev–Trinajstić information content (AvgIpc) is 3.65. The second-order valence-electron chi connectivity index (χ2n) is 10.6. The molecule has 2 aliphatic heterocycles. The first-order valence-corrected chi connectivity index (χ1v) is 13.2. The normalized spacial score (nSPS) is 18.4. The number of alkyl halides is 2. The predicted molar refractivity (Wildman–Crippen MR) is 145 cm³/mol. The summed E-state index contributed by atoms with van der Waals surface area (Å²) in [5, 5.41) is 7.49. The van der Waals surface area contributed by atoms with Crippen molar-refractivity contribution < 1.29 is 13.2 Å². The molecule has 7 rings (SSSR count). The molecule has 13 heteroatoms. The number of likely N-dealkylation sites (tertiary alicyclic amines) is 1. The van der Waals surface area contributed by atoms with Crippen molar-refractivity contribution in [1.29, 1.82) is 0 Å². The lowest BCUT2D eigenvalue weighted by Crippen LogP contribution is -2.44. The number of piperazine rings is 1. The van der Waals surface area contributed by atoms with Gasteiger partial charge in [-0.05, 0) is 18.7 Å². The highest BCUT2D eigenvalue weighted by Gasteiger charge is 2.38. The third-order valence-corrected chi connectivity index (χ3v) is 7.71. The minimum Gasteiger partial charge on any atom is -0.366 e. The van der Waals surface area contributed by atoms with E-state index in [0.29, 0.717) is 41.3 Å². The smallest absolute Gasteiger partial charge is 0.261 e. The molecule has 2 aliphatic rings. The maximum atomic E-state index is 16.1. The van der Waals surface area contributed by atoms with Gasteiger partial charge in [0.2, 0.25) is 0 Å². The SMILES string of the molecule is CN1CCN(c2cncc3[nH]c(-c4n[nH]c5cnc(-c6cncc(CN7CCC(F)(F)C7)c6)c(F)c45)nc23)CC1. The van der Waals surface area contributed by atoms with Crippen molar-refractivity contribution in [3.63, 3.8) is 0 Å². The summed E-state index contributed by atoms with van der Waals surface area (Å²) in [6.45, 7) is 3.93. The number of fused-ring (bicyclic) bond motifs is 2. The van der Waals surface area contributed by atoms with Crippen LogP contribution in [-0.2, 0) is 6.54 Å². The lowest BCUT2D eigenvalue weighted by atomic mass is 10.1. The summed E-state index contributed by atoms with van der Waals surface area (Å²) in [6, 6.07) is 1.75. The van der Waals surface area contributed by atoms with E-state index in [4.69, 9.17) is 4.98 Å².